The molecule has 0 aromatic carbocycles. The van der Waals surface area contributed by atoms with Gasteiger partial charge in [-0.15, -0.1) is 0 Å². The Bertz CT molecular complexity index is 659. The van der Waals surface area contributed by atoms with Gasteiger partial charge in [-0.25, -0.2) is 0 Å². The number of Topliss-reactive ketones (excluding diaryl/α,β-unsaturated/α-hetero) is 1. The molecular weight excluding hydrogens is 364 g/mol. The minimum absolute atomic E-state index is 0.110. The van der Waals surface area contributed by atoms with Gasteiger partial charge in [-0.1, -0.05) is 20.8 Å². The minimum atomic E-state index is -0.210. The Labute approximate surface area is 176 Å². The van der Waals surface area contributed by atoms with Crippen LogP contribution in [-0.4, -0.2) is 30.1 Å². The molecule has 0 amide bonds. The Balaban J connectivity index is 1.53. The third kappa shape index (κ3) is 3.38. The first-order valence-corrected chi connectivity index (χ1v) is 12.0. The summed E-state index contributed by atoms with van der Waals surface area (Å²) in [7, 11) is 1.47. The maximum Gasteiger partial charge on any atom is 0.305 e. The van der Waals surface area contributed by atoms with Crippen LogP contribution in [-0.2, 0) is 14.3 Å². The third-order valence-corrected chi connectivity index (χ3v) is 10.2. The van der Waals surface area contributed by atoms with E-state index in [9.17, 15) is 14.7 Å². The molecule has 0 aliphatic heterocycles. The second-order valence-corrected chi connectivity index (χ2v) is 11.4. The number of carbonyl (C=O) groups excluding carboxylic acids is 2. The molecule has 4 heteroatoms. The maximum absolute atomic E-state index is 13.4. The van der Waals surface area contributed by atoms with E-state index in [0.717, 1.165) is 32.1 Å². The molecule has 0 radical (unpaired) electrons. The van der Waals surface area contributed by atoms with Crippen molar-refractivity contribution in [2.75, 3.05) is 7.11 Å². The van der Waals surface area contributed by atoms with Crippen molar-refractivity contribution >= 4 is 11.8 Å². The molecule has 4 rings (SSSR count). The van der Waals surface area contributed by atoms with Crippen molar-refractivity contribution in [1.82, 2.24) is 0 Å². The van der Waals surface area contributed by atoms with Gasteiger partial charge in [-0.05, 0) is 91.8 Å². The number of hydrogen-bond donors (Lipinski definition) is 1. The average Bonchev–Trinajstić information content (AvgIpc) is 3.04. The Morgan fingerprint density at radius 2 is 1.83 bits per heavy atom. The second kappa shape index (κ2) is 7.66. The molecule has 0 aromatic rings. The van der Waals surface area contributed by atoms with E-state index in [-0.39, 0.29) is 28.8 Å². The molecule has 4 nitrogen and oxygen atoms in total. The molecule has 1 N–H and O–H groups in total. The highest BCUT2D eigenvalue weighted by Crippen LogP contribution is 2.67. The molecule has 0 spiro atoms. The van der Waals surface area contributed by atoms with Crippen LogP contribution >= 0.6 is 0 Å². The molecule has 9 atom stereocenters. The summed E-state index contributed by atoms with van der Waals surface area (Å²) < 4.78 is 4.85. The Kier molecular flexibility index (Phi) is 5.63. The number of rotatable bonds is 4. The van der Waals surface area contributed by atoms with Crippen LogP contribution in [0, 0.1) is 46.3 Å². The number of fused-ring (bicyclic) bond motifs is 5. The zero-order chi connectivity index (χ0) is 21.0. The predicted molar refractivity (Wildman–Crippen MR) is 112 cm³/mol. The molecule has 0 bridgehead atoms. The van der Waals surface area contributed by atoms with Crippen molar-refractivity contribution in [3.8, 4) is 0 Å². The fourth-order valence-corrected chi connectivity index (χ4v) is 8.53. The summed E-state index contributed by atoms with van der Waals surface area (Å²) in [5.41, 5.74) is 0.456. The van der Waals surface area contributed by atoms with Gasteiger partial charge in [0.15, 0.2) is 0 Å². The third-order valence-electron chi connectivity index (χ3n) is 10.2. The van der Waals surface area contributed by atoms with Crippen LogP contribution in [0.15, 0.2) is 0 Å². The summed E-state index contributed by atoms with van der Waals surface area (Å²) in [5, 5.41) is 10.2. The van der Waals surface area contributed by atoms with Crippen LogP contribution in [0.2, 0.25) is 0 Å². The summed E-state index contributed by atoms with van der Waals surface area (Å²) in [6.45, 7) is 7.18. The Morgan fingerprint density at radius 1 is 1.14 bits per heavy atom. The first-order valence-electron chi connectivity index (χ1n) is 12.0. The highest BCUT2D eigenvalue weighted by Gasteiger charge is 2.62. The van der Waals surface area contributed by atoms with E-state index >= 15 is 0 Å². The normalized spacial score (nSPS) is 47.7. The van der Waals surface area contributed by atoms with E-state index in [1.807, 2.05) is 0 Å². The van der Waals surface area contributed by atoms with Crippen LogP contribution in [0.1, 0.15) is 85.0 Å². The maximum atomic E-state index is 13.4. The molecule has 4 saturated carbocycles. The van der Waals surface area contributed by atoms with Gasteiger partial charge in [0.05, 0.1) is 13.2 Å². The van der Waals surface area contributed by atoms with E-state index in [1.165, 1.54) is 26.4 Å². The monoisotopic (exact) mass is 404 g/mol. The zero-order valence-corrected chi connectivity index (χ0v) is 18.8. The molecule has 4 aliphatic rings. The summed E-state index contributed by atoms with van der Waals surface area (Å²) in [5.74, 6) is 3.08. The molecule has 0 heterocycles. The summed E-state index contributed by atoms with van der Waals surface area (Å²) in [6, 6.07) is 0. The number of esters is 1. The van der Waals surface area contributed by atoms with Gasteiger partial charge in [0.2, 0.25) is 0 Å². The van der Waals surface area contributed by atoms with Crippen molar-refractivity contribution in [3.63, 3.8) is 0 Å². The predicted octanol–water partition coefficient (Wildman–Crippen LogP) is 4.77. The number of methoxy groups -OCH3 is 1. The quantitative estimate of drug-likeness (QED) is 0.685. The van der Waals surface area contributed by atoms with E-state index in [1.54, 1.807) is 0 Å². The molecule has 7 unspecified atom stereocenters. The van der Waals surface area contributed by atoms with Crippen LogP contribution in [0.5, 0.6) is 0 Å². The van der Waals surface area contributed by atoms with E-state index in [2.05, 4.69) is 20.8 Å². The fourth-order valence-electron chi connectivity index (χ4n) is 8.53. The average molecular weight is 405 g/mol. The van der Waals surface area contributed by atoms with Crippen LogP contribution in [0.25, 0.3) is 0 Å². The Morgan fingerprint density at radius 3 is 2.55 bits per heavy atom. The zero-order valence-electron chi connectivity index (χ0n) is 18.8. The second-order valence-electron chi connectivity index (χ2n) is 11.4. The van der Waals surface area contributed by atoms with Gasteiger partial charge < -0.3 is 9.84 Å². The standard InChI is InChI=1S/C25H40O4/c1-15(5-8-22(28)29-4)18-6-7-19-23-20(10-12-25(18,19)3)24(2)11-9-17(26)13-16(24)14-21(23)27/h15-20,23,26H,5-14H2,1-4H3/t15?,16-,17+,18?,19?,20?,23?,24?,25?/m0/s1. The molecule has 0 saturated heterocycles. The SMILES string of the molecule is COC(=O)CCC(C)C1CCC2C3C(=O)C[C@@H]4C[C@H](O)CCC4(C)C3CCC12C. The molecule has 0 aromatic heterocycles. The largest absolute Gasteiger partial charge is 0.469 e. The molecule has 164 valence electrons. The van der Waals surface area contributed by atoms with Gasteiger partial charge in [0, 0.05) is 18.8 Å². The van der Waals surface area contributed by atoms with Crippen molar-refractivity contribution in [3.05, 3.63) is 0 Å². The summed E-state index contributed by atoms with van der Waals surface area (Å²) >= 11 is 0. The van der Waals surface area contributed by atoms with Crippen LogP contribution in [0.3, 0.4) is 0 Å². The van der Waals surface area contributed by atoms with E-state index in [4.69, 9.17) is 4.74 Å². The van der Waals surface area contributed by atoms with Gasteiger partial charge >= 0.3 is 5.97 Å². The van der Waals surface area contributed by atoms with E-state index < -0.39 is 0 Å². The minimum Gasteiger partial charge on any atom is -0.469 e. The van der Waals surface area contributed by atoms with Crippen molar-refractivity contribution in [2.45, 2.75) is 91.1 Å². The van der Waals surface area contributed by atoms with E-state index in [0.29, 0.717) is 48.2 Å². The van der Waals surface area contributed by atoms with Gasteiger partial charge in [-0.3, -0.25) is 9.59 Å². The highest BCUT2D eigenvalue weighted by molar-refractivity contribution is 5.83. The number of aliphatic hydroxyl groups excluding tert-OH is 1. The number of hydrogen-bond acceptors (Lipinski definition) is 4. The molecule has 29 heavy (non-hydrogen) atoms. The number of aliphatic hydroxyl groups is 1. The van der Waals surface area contributed by atoms with Crippen LogP contribution < -0.4 is 0 Å². The van der Waals surface area contributed by atoms with Crippen molar-refractivity contribution in [2.24, 2.45) is 46.3 Å². The fraction of sp³-hybridized carbons (Fsp3) is 0.920. The number of ketones is 1. The van der Waals surface area contributed by atoms with Crippen LogP contribution in [0.4, 0.5) is 0 Å². The summed E-state index contributed by atoms with van der Waals surface area (Å²) in [6.07, 6.45) is 9.40. The van der Waals surface area contributed by atoms with Gasteiger partial charge in [-0.2, -0.15) is 0 Å². The molecular formula is C25H40O4. The first-order chi connectivity index (χ1) is 13.7. The van der Waals surface area contributed by atoms with Crippen molar-refractivity contribution < 1.29 is 19.4 Å². The van der Waals surface area contributed by atoms with Gasteiger partial charge in [0.1, 0.15) is 5.78 Å². The lowest BCUT2D eigenvalue weighted by Gasteiger charge is -2.60. The van der Waals surface area contributed by atoms with Gasteiger partial charge in [0.25, 0.3) is 0 Å². The first kappa shape index (κ1) is 21.3. The highest BCUT2D eigenvalue weighted by atomic mass is 16.5. The number of carbonyl (C=O) groups is 2. The number of ether oxygens (including phenoxy) is 1. The lowest BCUT2D eigenvalue weighted by molar-refractivity contribution is -0.160. The smallest absolute Gasteiger partial charge is 0.305 e. The Hall–Kier alpha value is -0.900. The topological polar surface area (TPSA) is 63.6 Å². The lowest BCUT2D eigenvalue weighted by atomic mass is 9.44. The molecule has 4 aliphatic carbocycles. The summed E-state index contributed by atoms with van der Waals surface area (Å²) in [4.78, 5) is 25.0. The van der Waals surface area contributed by atoms with Crippen molar-refractivity contribution in [1.29, 1.82) is 0 Å². The molecule has 4 fully saturated rings. The lowest BCUT2D eigenvalue weighted by Crippen LogP contribution is -2.57.